The summed E-state index contributed by atoms with van der Waals surface area (Å²) in [5.41, 5.74) is 2.12. The largest absolute Gasteiger partial charge is 0.322 e. The lowest BCUT2D eigenvalue weighted by atomic mass is 9.97. The maximum absolute atomic E-state index is 12.7. The third-order valence-corrected chi connectivity index (χ3v) is 5.81. The van der Waals surface area contributed by atoms with Gasteiger partial charge < -0.3 is 5.32 Å². The predicted molar refractivity (Wildman–Crippen MR) is 105 cm³/mol. The predicted octanol–water partition coefficient (Wildman–Crippen LogP) is 4.14. The third kappa shape index (κ3) is 4.93. The molecule has 2 rings (SSSR count). The van der Waals surface area contributed by atoms with Gasteiger partial charge in [0.1, 0.15) is 0 Å². The molecule has 26 heavy (non-hydrogen) atoms. The zero-order valence-corrected chi connectivity index (χ0v) is 16.4. The lowest BCUT2D eigenvalue weighted by Crippen LogP contribution is -2.30. The van der Waals surface area contributed by atoms with E-state index in [4.69, 9.17) is 0 Å². The summed E-state index contributed by atoms with van der Waals surface area (Å²) in [6.45, 7) is 7.70. The van der Waals surface area contributed by atoms with Gasteiger partial charge in [-0.3, -0.25) is 4.79 Å². The van der Waals surface area contributed by atoms with Crippen molar-refractivity contribution in [3.8, 4) is 0 Å². The van der Waals surface area contributed by atoms with Crippen LogP contribution in [-0.2, 0) is 10.0 Å². The van der Waals surface area contributed by atoms with Gasteiger partial charge in [-0.05, 0) is 56.0 Å². The molecule has 0 radical (unpaired) electrons. The van der Waals surface area contributed by atoms with E-state index in [0.717, 1.165) is 17.7 Å². The topological polar surface area (TPSA) is 75.3 Å². The molecule has 0 heterocycles. The lowest BCUT2D eigenvalue weighted by Gasteiger charge is -2.16. The molecule has 5 nitrogen and oxygen atoms in total. The van der Waals surface area contributed by atoms with Crippen LogP contribution in [0.5, 0.6) is 0 Å². The van der Waals surface area contributed by atoms with E-state index in [1.165, 1.54) is 12.1 Å². The van der Waals surface area contributed by atoms with Gasteiger partial charge in [-0.15, -0.1) is 0 Å². The molecule has 1 amide bonds. The molecule has 0 saturated carbocycles. The van der Waals surface area contributed by atoms with E-state index in [-0.39, 0.29) is 16.8 Å². The van der Waals surface area contributed by atoms with Crippen molar-refractivity contribution in [1.29, 1.82) is 0 Å². The molecule has 0 aliphatic carbocycles. The normalized spacial score (nSPS) is 12.8. The van der Waals surface area contributed by atoms with Crippen molar-refractivity contribution in [2.45, 2.75) is 51.0 Å². The first kappa shape index (κ1) is 20.1. The fourth-order valence-electron chi connectivity index (χ4n) is 2.64. The lowest BCUT2D eigenvalue weighted by molar-refractivity contribution is 0.102. The first-order chi connectivity index (χ1) is 12.2. The molecule has 0 saturated heterocycles. The van der Waals surface area contributed by atoms with Crippen LogP contribution in [-0.4, -0.2) is 20.4 Å². The zero-order valence-electron chi connectivity index (χ0n) is 15.6. The monoisotopic (exact) mass is 374 g/mol. The smallest absolute Gasteiger partial charge is 0.255 e. The van der Waals surface area contributed by atoms with Crippen LogP contribution in [0.1, 0.15) is 56.0 Å². The molecule has 0 aliphatic heterocycles. The maximum atomic E-state index is 12.7. The van der Waals surface area contributed by atoms with Crippen molar-refractivity contribution in [3.05, 3.63) is 59.7 Å². The Morgan fingerprint density at radius 1 is 1.04 bits per heavy atom. The molecular formula is C20H26N2O3S. The van der Waals surface area contributed by atoms with Crippen LogP contribution in [0.25, 0.3) is 0 Å². The van der Waals surface area contributed by atoms with Gasteiger partial charge in [0.25, 0.3) is 5.91 Å². The molecule has 2 aromatic rings. The highest BCUT2D eigenvalue weighted by molar-refractivity contribution is 7.89. The Hall–Kier alpha value is -2.18. The van der Waals surface area contributed by atoms with Crippen LogP contribution in [0.4, 0.5) is 5.69 Å². The summed E-state index contributed by atoms with van der Waals surface area (Å²) in [4.78, 5) is 12.7. The van der Waals surface area contributed by atoms with Crippen molar-refractivity contribution in [3.63, 3.8) is 0 Å². The van der Waals surface area contributed by atoms with E-state index >= 15 is 0 Å². The number of sulfonamides is 1. The summed E-state index contributed by atoms with van der Waals surface area (Å²) in [7, 11) is -3.64. The Balaban J connectivity index is 2.28. The average molecular weight is 375 g/mol. The number of amides is 1. The molecule has 0 fully saturated rings. The van der Waals surface area contributed by atoms with E-state index in [1.807, 2.05) is 24.3 Å². The van der Waals surface area contributed by atoms with Gasteiger partial charge in [-0.25, -0.2) is 13.1 Å². The van der Waals surface area contributed by atoms with Gasteiger partial charge in [-0.2, -0.15) is 0 Å². The number of para-hydroxylation sites is 1. The molecule has 0 aliphatic rings. The highest BCUT2D eigenvalue weighted by atomic mass is 32.2. The Morgan fingerprint density at radius 3 is 2.38 bits per heavy atom. The number of benzene rings is 2. The fraction of sp³-hybridized carbons (Fsp3) is 0.350. The van der Waals surface area contributed by atoms with Crippen LogP contribution >= 0.6 is 0 Å². The van der Waals surface area contributed by atoms with Crippen molar-refractivity contribution < 1.29 is 13.2 Å². The molecular weight excluding hydrogens is 348 g/mol. The van der Waals surface area contributed by atoms with Gasteiger partial charge in [0.15, 0.2) is 0 Å². The van der Waals surface area contributed by atoms with E-state index < -0.39 is 10.0 Å². The van der Waals surface area contributed by atoms with E-state index in [2.05, 4.69) is 23.9 Å². The fourth-order valence-corrected chi connectivity index (χ4v) is 3.93. The second kappa shape index (κ2) is 8.47. The first-order valence-electron chi connectivity index (χ1n) is 8.77. The third-order valence-electron chi connectivity index (χ3n) is 4.15. The number of carbonyl (C=O) groups is 1. The SMILES string of the molecule is CC[C@@H](C)c1ccccc1NC(=O)c1cccc(S(=O)(=O)NC(C)C)c1. The quantitative estimate of drug-likeness (QED) is 0.765. The highest BCUT2D eigenvalue weighted by Gasteiger charge is 2.18. The summed E-state index contributed by atoms with van der Waals surface area (Å²) in [5, 5.41) is 2.91. The molecule has 140 valence electrons. The minimum absolute atomic E-state index is 0.0778. The van der Waals surface area contributed by atoms with Gasteiger partial charge in [0.05, 0.1) is 4.90 Å². The van der Waals surface area contributed by atoms with Crippen LogP contribution < -0.4 is 10.0 Å². The van der Waals surface area contributed by atoms with Crippen molar-refractivity contribution in [2.75, 3.05) is 5.32 Å². The summed E-state index contributed by atoms with van der Waals surface area (Å²) in [6.07, 6.45) is 0.960. The van der Waals surface area contributed by atoms with Crippen LogP contribution in [0.15, 0.2) is 53.4 Å². The number of rotatable bonds is 7. The van der Waals surface area contributed by atoms with Crippen molar-refractivity contribution in [1.82, 2.24) is 4.72 Å². The number of nitrogens with one attached hydrogen (secondary N) is 2. The molecule has 0 aromatic heterocycles. The number of carbonyl (C=O) groups excluding carboxylic acids is 1. The summed E-state index contributed by atoms with van der Waals surface area (Å²) in [5.74, 6) is -0.0178. The van der Waals surface area contributed by atoms with Crippen LogP contribution in [0.2, 0.25) is 0 Å². The maximum Gasteiger partial charge on any atom is 0.255 e. The number of hydrogen-bond acceptors (Lipinski definition) is 3. The van der Waals surface area contributed by atoms with Gasteiger partial charge >= 0.3 is 0 Å². The standard InChI is InChI=1S/C20H26N2O3S/c1-5-15(4)18-11-6-7-12-19(18)21-20(23)16-9-8-10-17(13-16)26(24,25)22-14(2)3/h6-15,22H,5H2,1-4H3,(H,21,23)/t15-/m1/s1. The minimum Gasteiger partial charge on any atom is -0.322 e. The van der Waals surface area contributed by atoms with Gasteiger partial charge in [0, 0.05) is 17.3 Å². The Labute approximate surface area is 155 Å². The number of anilines is 1. The van der Waals surface area contributed by atoms with Crippen molar-refractivity contribution >= 4 is 21.6 Å². The Bertz CT molecular complexity index is 876. The molecule has 0 unspecified atom stereocenters. The summed E-state index contributed by atoms with van der Waals surface area (Å²) >= 11 is 0. The highest BCUT2D eigenvalue weighted by Crippen LogP contribution is 2.27. The van der Waals surface area contributed by atoms with E-state index in [1.54, 1.807) is 26.0 Å². The van der Waals surface area contributed by atoms with Crippen LogP contribution in [0, 0.1) is 0 Å². The summed E-state index contributed by atoms with van der Waals surface area (Å²) in [6, 6.07) is 13.5. The second-order valence-corrected chi connectivity index (χ2v) is 8.37. The average Bonchev–Trinajstić information content (AvgIpc) is 2.60. The molecule has 2 N–H and O–H groups in total. The van der Waals surface area contributed by atoms with E-state index in [9.17, 15) is 13.2 Å². The number of hydrogen-bond donors (Lipinski definition) is 2. The van der Waals surface area contributed by atoms with Crippen LogP contribution in [0.3, 0.4) is 0 Å². The molecule has 0 spiro atoms. The molecule has 0 bridgehead atoms. The van der Waals surface area contributed by atoms with Gasteiger partial charge in [-0.1, -0.05) is 38.1 Å². The molecule has 6 heteroatoms. The zero-order chi connectivity index (χ0) is 19.3. The first-order valence-corrected chi connectivity index (χ1v) is 10.3. The molecule has 2 aromatic carbocycles. The summed E-state index contributed by atoms with van der Waals surface area (Å²) < 4.78 is 27.2. The minimum atomic E-state index is -3.64. The second-order valence-electron chi connectivity index (χ2n) is 6.65. The Kier molecular flexibility index (Phi) is 6.56. The Morgan fingerprint density at radius 2 is 1.73 bits per heavy atom. The van der Waals surface area contributed by atoms with E-state index in [0.29, 0.717) is 11.5 Å². The van der Waals surface area contributed by atoms with Gasteiger partial charge in [0.2, 0.25) is 10.0 Å². The van der Waals surface area contributed by atoms with Crippen molar-refractivity contribution in [2.24, 2.45) is 0 Å². The molecule has 1 atom stereocenters.